The van der Waals surface area contributed by atoms with Gasteiger partial charge in [0.25, 0.3) is 0 Å². The first-order valence-electron chi connectivity index (χ1n) is 6.74. The van der Waals surface area contributed by atoms with E-state index in [1.807, 2.05) is 0 Å². The van der Waals surface area contributed by atoms with Gasteiger partial charge in [-0.1, -0.05) is 0 Å². The van der Waals surface area contributed by atoms with Crippen LogP contribution in [0.15, 0.2) is 53.5 Å². The van der Waals surface area contributed by atoms with Crippen molar-refractivity contribution in [3.63, 3.8) is 0 Å². The van der Waals surface area contributed by atoms with Crippen molar-refractivity contribution in [2.45, 2.75) is 0 Å². The van der Waals surface area contributed by atoms with Crippen LogP contribution in [-0.2, 0) is 45.7 Å². The zero-order valence-electron chi connectivity index (χ0n) is 13.9. The van der Waals surface area contributed by atoms with Crippen LogP contribution in [0.2, 0.25) is 0 Å². The van der Waals surface area contributed by atoms with Gasteiger partial charge in [0.2, 0.25) is 0 Å². The fourth-order valence-electron chi connectivity index (χ4n) is 1.30. The molecule has 2 aromatic rings. The Morgan fingerprint density at radius 3 is 1.45 bits per heavy atom. The van der Waals surface area contributed by atoms with Gasteiger partial charge in [0.05, 0.1) is 24.6 Å². The van der Waals surface area contributed by atoms with Crippen molar-refractivity contribution in [3.05, 3.63) is 56.0 Å². The number of hydrogen-bond acceptors (Lipinski definition) is 12. The average Bonchev–Trinajstić information content (AvgIpc) is 3.24. The number of rotatable bonds is 6. The van der Waals surface area contributed by atoms with Crippen LogP contribution in [0.3, 0.4) is 0 Å². The van der Waals surface area contributed by atoms with E-state index in [0.717, 1.165) is 0 Å². The Labute approximate surface area is 186 Å². The largest absolute Gasteiger partial charge is 2.00 e. The summed E-state index contributed by atoms with van der Waals surface area (Å²) in [5, 5.41) is 33.7. The summed E-state index contributed by atoms with van der Waals surface area (Å²) in [5.41, 5.74) is 10.0. The standard InChI is InChI=1S/2C6H6N4O3S.Pd/c2*7-6(14)9-8-3-4-1-2-5(13-4)10(11)12;/h2*1-3H,(H3,7,9,14);/q;;+2/p-2/b2*8-3+;. The topological polar surface area (TPSA) is 214 Å². The Kier molecular flexibility index (Phi) is 11.5. The molecule has 2 heterocycles. The van der Waals surface area contributed by atoms with Gasteiger partial charge in [-0.2, -0.15) is 20.4 Å². The molecule has 0 aliphatic rings. The van der Waals surface area contributed by atoms with Gasteiger partial charge in [0.1, 0.15) is 9.85 Å². The first kappa shape index (κ1) is 25.7. The second-order valence-corrected chi connectivity index (χ2v) is 5.07. The van der Waals surface area contributed by atoms with Gasteiger partial charge in [-0.3, -0.25) is 20.2 Å². The van der Waals surface area contributed by atoms with Crippen LogP contribution in [0.4, 0.5) is 11.8 Å². The van der Waals surface area contributed by atoms with E-state index in [9.17, 15) is 20.2 Å². The Morgan fingerprint density at radius 2 is 1.21 bits per heavy atom. The summed E-state index contributed by atoms with van der Waals surface area (Å²) in [7, 11) is 0. The third kappa shape index (κ3) is 10.6. The van der Waals surface area contributed by atoms with Gasteiger partial charge in [-0.05, 0) is 22.5 Å². The maximum absolute atomic E-state index is 10.2. The fourth-order valence-corrected chi connectivity index (χ4v) is 1.40. The van der Waals surface area contributed by atoms with Crippen molar-refractivity contribution in [2.75, 3.05) is 0 Å². The molecule has 4 N–H and O–H groups in total. The molecule has 0 atom stereocenters. The normalized spacial score (nSPS) is 11.7. The fraction of sp³-hybridized carbons (Fsp3) is 0. The molecule has 0 saturated heterocycles. The predicted octanol–water partition coefficient (Wildman–Crippen LogP) is 0.764. The van der Waals surface area contributed by atoms with Crippen molar-refractivity contribution in [1.29, 1.82) is 0 Å². The van der Waals surface area contributed by atoms with Gasteiger partial charge in [0.15, 0.2) is 11.5 Å². The van der Waals surface area contributed by atoms with Crippen LogP contribution < -0.4 is 11.5 Å². The van der Waals surface area contributed by atoms with E-state index in [-0.39, 0.29) is 54.0 Å². The van der Waals surface area contributed by atoms with Crippen LogP contribution in [0.25, 0.3) is 0 Å². The van der Waals surface area contributed by atoms with Crippen LogP contribution in [-0.4, -0.2) is 32.6 Å². The molecule has 0 fully saturated rings. The zero-order valence-corrected chi connectivity index (χ0v) is 17.1. The maximum atomic E-state index is 10.2. The van der Waals surface area contributed by atoms with Gasteiger partial charge < -0.3 is 45.6 Å². The van der Waals surface area contributed by atoms with Crippen LogP contribution >= 0.6 is 0 Å². The maximum Gasteiger partial charge on any atom is 2.00 e. The molecule has 2 aromatic heterocycles. The molecular weight excluding hydrogens is 523 g/mol. The van der Waals surface area contributed by atoms with Crippen molar-refractivity contribution in [1.82, 2.24) is 0 Å². The third-order valence-corrected chi connectivity index (χ3v) is 2.43. The Morgan fingerprint density at radius 1 is 0.862 bits per heavy atom. The van der Waals surface area contributed by atoms with Gasteiger partial charge in [-0.15, -0.1) is 0 Å². The van der Waals surface area contributed by atoms with E-state index in [1.54, 1.807) is 0 Å². The van der Waals surface area contributed by atoms with Crippen LogP contribution in [0.1, 0.15) is 11.5 Å². The number of amidine groups is 2. The second-order valence-electron chi connectivity index (χ2n) is 4.23. The van der Waals surface area contributed by atoms with Gasteiger partial charge in [0, 0.05) is 0 Å². The van der Waals surface area contributed by atoms with Gasteiger partial charge >= 0.3 is 32.2 Å². The van der Waals surface area contributed by atoms with Crippen LogP contribution in [0.5, 0.6) is 0 Å². The molecule has 29 heavy (non-hydrogen) atoms. The number of nitro groups is 2. The third-order valence-electron chi connectivity index (χ3n) is 2.27. The van der Waals surface area contributed by atoms with Crippen molar-refractivity contribution in [3.8, 4) is 0 Å². The van der Waals surface area contributed by atoms with E-state index < -0.39 is 9.85 Å². The van der Waals surface area contributed by atoms with E-state index >= 15 is 0 Å². The summed E-state index contributed by atoms with van der Waals surface area (Å²) >= 11 is 8.83. The molecule has 0 amide bonds. The monoisotopic (exact) mass is 532 g/mol. The minimum Gasteiger partial charge on any atom is -0.741 e. The Hall–Kier alpha value is -3.26. The predicted molar refractivity (Wildman–Crippen MR) is 104 cm³/mol. The van der Waals surface area contributed by atoms with Crippen molar-refractivity contribution >= 4 is 59.8 Å². The molecule has 0 aromatic carbocycles. The SMILES string of the molecule is N/C([S-])=N/N=C/c1ccc([N+](=O)[O-])o1.N/C([S-])=N/N=C/c1ccc([N+](=O)[O-])o1.[Pd+2]. The number of hydrogen-bond donors (Lipinski definition) is 2. The smallest absolute Gasteiger partial charge is 0.741 e. The molecular formula is C12H10N8O6PdS2. The molecule has 0 unspecified atom stereocenters. The summed E-state index contributed by atoms with van der Waals surface area (Å²) in [4.78, 5) is 19.1. The minimum absolute atomic E-state index is 0. The van der Waals surface area contributed by atoms with Crippen molar-refractivity contribution in [2.24, 2.45) is 31.9 Å². The molecule has 0 bridgehead atoms. The van der Waals surface area contributed by atoms with E-state index in [2.05, 4.69) is 45.7 Å². The minimum atomic E-state index is -0.651. The quantitative estimate of drug-likeness (QED) is 0.133. The summed E-state index contributed by atoms with van der Waals surface area (Å²) in [6.45, 7) is 0. The van der Waals surface area contributed by atoms with Crippen LogP contribution in [0, 0.1) is 20.2 Å². The number of nitrogens with two attached hydrogens (primary N) is 2. The molecule has 17 heteroatoms. The Bertz CT molecular complexity index is 870. The molecule has 2 rings (SSSR count). The average molecular weight is 533 g/mol. The molecule has 0 radical (unpaired) electrons. The zero-order chi connectivity index (χ0) is 21.1. The summed E-state index contributed by atoms with van der Waals surface area (Å²) in [5.74, 6) is -0.308. The molecule has 156 valence electrons. The molecule has 0 aliphatic carbocycles. The number of furan rings is 2. The molecule has 0 saturated carbocycles. The number of nitrogens with zero attached hydrogens (tertiary/aromatic N) is 6. The molecule has 0 aliphatic heterocycles. The second kappa shape index (κ2) is 13.0. The van der Waals surface area contributed by atoms with Gasteiger partial charge in [-0.25, -0.2) is 0 Å². The Balaban J connectivity index is 0.000000523. The van der Waals surface area contributed by atoms with E-state index in [4.69, 9.17) is 20.3 Å². The summed E-state index contributed by atoms with van der Waals surface area (Å²) < 4.78 is 9.47. The summed E-state index contributed by atoms with van der Waals surface area (Å²) in [6.07, 6.45) is 2.35. The molecule has 14 nitrogen and oxygen atoms in total. The molecule has 0 spiro atoms. The summed E-state index contributed by atoms with van der Waals surface area (Å²) in [6, 6.07) is 5.19. The van der Waals surface area contributed by atoms with E-state index in [0.29, 0.717) is 0 Å². The van der Waals surface area contributed by atoms with Crippen molar-refractivity contribution < 1.29 is 39.1 Å². The first-order valence-corrected chi connectivity index (χ1v) is 7.56. The first-order chi connectivity index (χ1) is 13.2. The van der Waals surface area contributed by atoms with E-state index in [1.165, 1.54) is 36.7 Å².